The third-order valence-electron chi connectivity index (χ3n) is 7.62. The SMILES string of the molecule is CCc1ccc(N2C[C@H](C(=O)Oc3ccc(N4C(=O)[C@H]5C[C@@H](C)CC[C@H]5C4=O)cc3)CC2=O)cc1. The molecule has 0 aromatic heterocycles. The van der Waals surface area contributed by atoms with Crippen molar-refractivity contribution >= 4 is 35.1 Å². The van der Waals surface area contributed by atoms with E-state index in [0.717, 1.165) is 31.4 Å². The Balaban J connectivity index is 1.23. The van der Waals surface area contributed by atoms with Crippen LogP contribution in [0.2, 0.25) is 0 Å². The number of hydrogen-bond donors (Lipinski definition) is 0. The number of imide groups is 1. The first-order valence-electron chi connectivity index (χ1n) is 12.4. The molecule has 7 heteroatoms. The number of carbonyl (C=O) groups is 4. The number of rotatable bonds is 5. The van der Waals surface area contributed by atoms with E-state index in [0.29, 0.717) is 17.4 Å². The second-order valence-electron chi connectivity index (χ2n) is 9.98. The largest absolute Gasteiger partial charge is 0.426 e. The minimum atomic E-state index is -0.556. The summed E-state index contributed by atoms with van der Waals surface area (Å²) in [6.07, 6.45) is 3.49. The normalized spacial score (nSPS) is 26.3. The number of nitrogens with zero attached hydrogens (tertiary/aromatic N) is 2. The molecule has 0 radical (unpaired) electrons. The van der Waals surface area contributed by atoms with Crippen LogP contribution in [0.15, 0.2) is 48.5 Å². The van der Waals surface area contributed by atoms with Crippen LogP contribution in [0, 0.1) is 23.7 Å². The lowest BCUT2D eigenvalue weighted by Gasteiger charge is -2.25. The van der Waals surface area contributed by atoms with Crippen molar-refractivity contribution in [3.8, 4) is 5.75 Å². The minimum Gasteiger partial charge on any atom is -0.426 e. The fourth-order valence-electron chi connectivity index (χ4n) is 5.53. The number of hydrogen-bond acceptors (Lipinski definition) is 5. The molecule has 182 valence electrons. The highest BCUT2D eigenvalue weighted by molar-refractivity contribution is 6.22. The van der Waals surface area contributed by atoms with Crippen molar-refractivity contribution in [2.24, 2.45) is 23.7 Å². The molecule has 0 spiro atoms. The highest BCUT2D eigenvalue weighted by Gasteiger charge is 2.50. The van der Waals surface area contributed by atoms with Crippen LogP contribution < -0.4 is 14.5 Å². The summed E-state index contributed by atoms with van der Waals surface area (Å²) in [5, 5.41) is 0. The van der Waals surface area contributed by atoms with Gasteiger partial charge in [-0.15, -0.1) is 0 Å². The van der Waals surface area contributed by atoms with Crippen LogP contribution in [-0.4, -0.2) is 30.2 Å². The van der Waals surface area contributed by atoms with Gasteiger partial charge in [0.05, 0.1) is 23.4 Å². The molecule has 2 aromatic carbocycles. The molecule has 4 atom stereocenters. The van der Waals surface area contributed by atoms with Gasteiger partial charge >= 0.3 is 5.97 Å². The Morgan fingerprint density at radius 3 is 2.26 bits per heavy atom. The van der Waals surface area contributed by atoms with Gasteiger partial charge in [-0.1, -0.05) is 26.0 Å². The van der Waals surface area contributed by atoms with Crippen LogP contribution in [0.4, 0.5) is 11.4 Å². The van der Waals surface area contributed by atoms with Gasteiger partial charge in [0.2, 0.25) is 17.7 Å². The molecule has 2 heterocycles. The van der Waals surface area contributed by atoms with Gasteiger partial charge < -0.3 is 9.64 Å². The summed E-state index contributed by atoms with van der Waals surface area (Å²) in [4.78, 5) is 54.0. The van der Waals surface area contributed by atoms with Crippen molar-refractivity contribution in [1.82, 2.24) is 0 Å². The van der Waals surface area contributed by atoms with Crippen LogP contribution in [0.1, 0.15) is 45.1 Å². The molecular weight excluding hydrogens is 444 g/mol. The number of fused-ring (bicyclic) bond motifs is 1. The number of esters is 1. The van der Waals surface area contributed by atoms with E-state index in [4.69, 9.17) is 4.74 Å². The molecule has 3 amide bonds. The summed E-state index contributed by atoms with van der Waals surface area (Å²) < 4.78 is 5.54. The zero-order valence-corrected chi connectivity index (χ0v) is 20.1. The summed E-state index contributed by atoms with van der Waals surface area (Å²) in [5.41, 5.74) is 2.46. The van der Waals surface area contributed by atoms with Gasteiger partial charge in [-0.2, -0.15) is 0 Å². The van der Waals surface area contributed by atoms with E-state index in [2.05, 4.69) is 13.8 Å². The fourth-order valence-corrected chi connectivity index (χ4v) is 5.53. The standard InChI is InChI=1S/C28H30N2O5/c1-3-18-5-7-20(8-6-18)29-16-19(15-25(29)31)28(34)35-22-11-9-21(10-12-22)30-26(32)23-13-4-17(2)14-24(23)27(30)33/h5-12,17,19,23-24H,3-4,13-16H2,1-2H3/t17-,19+,23+,24-/m0/s1. The number of carbonyl (C=O) groups excluding carboxylic acids is 4. The number of amides is 3. The molecule has 2 aromatic rings. The average Bonchev–Trinajstić information content (AvgIpc) is 3.37. The maximum Gasteiger partial charge on any atom is 0.316 e. The molecule has 0 N–H and O–H groups in total. The molecule has 7 nitrogen and oxygen atoms in total. The van der Waals surface area contributed by atoms with E-state index in [-0.39, 0.29) is 42.5 Å². The lowest BCUT2D eigenvalue weighted by Crippen LogP contribution is -2.30. The Kier molecular flexibility index (Phi) is 6.17. The Morgan fingerprint density at radius 1 is 0.914 bits per heavy atom. The predicted octanol–water partition coefficient (Wildman–Crippen LogP) is 4.13. The molecule has 0 unspecified atom stereocenters. The summed E-state index contributed by atoms with van der Waals surface area (Å²) in [6.45, 7) is 4.47. The van der Waals surface area contributed by atoms with Crippen molar-refractivity contribution in [2.75, 3.05) is 16.3 Å². The Bertz CT molecular complexity index is 1160. The Hall–Kier alpha value is -3.48. The van der Waals surface area contributed by atoms with Crippen LogP contribution in [-0.2, 0) is 25.6 Å². The van der Waals surface area contributed by atoms with E-state index in [1.165, 1.54) is 10.5 Å². The Labute approximate surface area is 205 Å². The fraction of sp³-hybridized carbons (Fsp3) is 0.429. The van der Waals surface area contributed by atoms with Gasteiger partial charge in [-0.25, -0.2) is 0 Å². The van der Waals surface area contributed by atoms with E-state index in [1.54, 1.807) is 29.2 Å². The Morgan fingerprint density at radius 2 is 1.57 bits per heavy atom. The highest BCUT2D eigenvalue weighted by atomic mass is 16.5. The van der Waals surface area contributed by atoms with E-state index < -0.39 is 11.9 Å². The molecule has 3 aliphatic rings. The topological polar surface area (TPSA) is 84.0 Å². The molecule has 1 saturated carbocycles. The summed E-state index contributed by atoms with van der Waals surface area (Å²) >= 11 is 0. The lowest BCUT2D eigenvalue weighted by atomic mass is 9.76. The van der Waals surface area contributed by atoms with Crippen molar-refractivity contribution < 1.29 is 23.9 Å². The molecule has 3 fully saturated rings. The predicted molar refractivity (Wildman–Crippen MR) is 131 cm³/mol. The average molecular weight is 475 g/mol. The van der Waals surface area contributed by atoms with Gasteiger partial charge in [0, 0.05) is 18.7 Å². The van der Waals surface area contributed by atoms with Gasteiger partial charge in [-0.05, 0) is 73.6 Å². The minimum absolute atomic E-state index is 0.102. The van der Waals surface area contributed by atoms with Crippen molar-refractivity contribution in [1.29, 1.82) is 0 Å². The summed E-state index contributed by atoms with van der Waals surface area (Å²) in [5.74, 6) is -1.07. The van der Waals surface area contributed by atoms with Crippen molar-refractivity contribution in [3.63, 3.8) is 0 Å². The molecular formula is C28H30N2O5. The first-order chi connectivity index (χ1) is 16.9. The zero-order valence-electron chi connectivity index (χ0n) is 20.1. The van der Waals surface area contributed by atoms with Crippen molar-refractivity contribution in [3.05, 3.63) is 54.1 Å². The van der Waals surface area contributed by atoms with Crippen molar-refractivity contribution in [2.45, 2.75) is 46.0 Å². The lowest BCUT2D eigenvalue weighted by molar-refractivity contribution is -0.139. The summed E-state index contributed by atoms with van der Waals surface area (Å²) in [7, 11) is 0. The van der Waals surface area contributed by atoms with Gasteiger partial charge in [-0.3, -0.25) is 24.1 Å². The van der Waals surface area contributed by atoms with Crippen LogP contribution in [0.3, 0.4) is 0 Å². The molecule has 35 heavy (non-hydrogen) atoms. The molecule has 1 aliphatic carbocycles. The van der Waals surface area contributed by atoms with E-state index in [9.17, 15) is 19.2 Å². The van der Waals surface area contributed by atoms with Gasteiger partial charge in [0.15, 0.2) is 0 Å². The molecule has 2 aliphatic heterocycles. The third-order valence-corrected chi connectivity index (χ3v) is 7.62. The smallest absolute Gasteiger partial charge is 0.316 e. The van der Waals surface area contributed by atoms with Crippen LogP contribution in [0.5, 0.6) is 5.75 Å². The van der Waals surface area contributed by atoms with Gasteiger partial charge in [0.25, 0.3) is 0 Å². The molecule has 2 saturated heterocycles. The quantitative estimate of drug-likeness (QED) is 0.370. The highest BCUT2D eigenvalue weighted by Crippen LogP contribution is 2.42. The van der Waals surface area contributed by atoms with Gasteiger partial charge in [0.1, 0.15) is 5.75 Å². The van der Waals surface area contributed by atoms with Crippen LogP contribution in [0.25, 0.3) is 0 Å². The number of ether oxygens (including phenoxy) is 1. The van der Waals surface area contributed by atoms with E-state index in [1.807, 2.05) is 24.3 Å². The number of aryl methyl sites for hydroxylation is 1. The second kappa shape index (κ2) is 9.29. The molecule has 0 bridgehead atoms. The number of anilines is 2. The van der Waals surface area contributed by atoms with Crippen LogP contribution >= 0.6 is 0 Å². The second-order valence-corrected chi connectivity index (χ2v) is 9.98. The molecule has 5 rings (SSSR count). The first-order valence-corrected chi connectivity index (χ1v) is 12.4. The third kappa shape index (κ3) is 4.35. The summed E-state index contributed by atoms with van der Waals surface area (Å²) in [6, 6.07) is 14.2. The maximum atomic E-state index is 12.9. The monoisotopic (exact) mass is 474 g/mol. The zero-order chi connectivity index (χ0) is 24.7. The maximum absolute atomic E-state index is 12.9. The number of benzene rings is 2. The van der Waals surface area contributed by atoms with E-state index >= 15 is 0 Å². The first kappa shape index (κ1) is 23.3.